The summed E-state index contributed by atoms with van der Waals surface area (Å²) in [6, 6.07) is 5.90. The number of benzene rings is 1. The molecule has 4 rings (SSSR count). The molecule has 0 aliphatic carbocycles. The number of carbonyl (C=O) groups excluding carboxylic acids is 1. The fourth-order valence-corrected chi connectivity index (χ4v) is 6.12. The van der Waals surface area contributed by atoms with E-state index in [1.54, 1.807) is 6.92 Å². The first-order valence-corrected chi connectivity index (χ1v) is 12.8. The first-order chi connectivity index (χ1) is 17.4. The van der Waals surface area contributed by atoms with E-state index in [2.05, 4.69) is 20.3 Å². The van der Waals surface area contributed by atoms with Crippen LogP contribution in [0, 0.1) is 5.82 Å². The van der Waals surface area contributed by atoms with Gasteiger partial charge in [0, 0.05) is 30.5 Å². The standard InChI is InChI=1S/C23H20ClF4N5O3S/c1-13-2-7-19(33(13)37(35,36)17-5-3-16(25)4-6-17)21(34)29-10-14-8-18(32-20(24)9-14)15-11-30-22(31-12-15)23(26,27)28/h3-6,8-9,11-13,19H,2,7,10H2,1H3,(H,29,34)/t13-,19-/m0/s1. The Balaban J connectivity index is 1.50. The molecule has 37 heavy (non-hydrogen) atoms. The maximum atomic E-state index is 13.3. The summed E-state index contributed by atoms with van der Waals surface area (Å²) >= 11 is 6.07. The topological polar surface area (TPSA) is 105 Å². The van der Waals surface area contributed by atoms with Crippen molar-refractivity contribution in [1.29, 1.82) is 0 Å². The molecule has 0 bridgehead atoms. The van der Waals surface area contributed by atoms with E-state index >= 15 is 0 Å². The van der Waals surface area contributed by atoms with E-state index < -0.39 is 45.8 Å². The number of nitrogens with one attached hydrogen (secondary N) is 1. The number of halogens is 5. The second-order valence-electron chi connectivity index (χ2n) is 8.43. The Morgan fingerprint density at radius 3 is 2.41 bits per heavy atom. The molecule has 2 atom stereocenters. The van der Waals surface area contributed by atoms with Crippen molar-refractivity contribution in [2.45, 2.75) is 49.5 Å². The van der Waals surface area contributed by atoms with Gasteiger partial charge in [0.25, 0.3) is 0 Å². The van der Waals surface area contributed by atoms with Crippen LogP contribution in [0.4, 0.5) is 17.6 Å². The van der Waals surface area contributed by atoms with Crippen LogP contribution in [0.25, 0.3) is 11.3 Å². The van der Waals surface area contributed by atoms with Gasteiger partial charge in [-0.3, -0.25) is 4.79 Å². The van der Waals surface area contributed by atoms with Crippen molar-refractivity contribution in [3.05, 3.63) is 71.2 Å². The Morgan fingerprint density at radius 2 is 1.78 bits per heavy atom. The Morgan fingerprint density at radius 1 is 1.14 bits per heavy atom. The molecule has 1 amide bonds. The highest BCUT2D eigenvalue weighted by atomic mass is 35.5. The first kappa shape index (κ1) is 26.9. The smallest absolute Gasteiger partial charge is 0.351 e. The van der Waals surface area contributed by atoms with E-state index in [4.69, 9.17) is 11.6 Å². The summed E-state index contributed by atoms with van der Waals surface area (Å²) in [5.74, 6) is -2.42. The number of hydrogen-bond acceptors (Lipinski definition) is 6. The fraction of sp³-hybridized carbons (Fsp3) is 0.304. The SMILES string of the molecule is C[C@H]1CC[C@@H](C(=O)NCc2cc(Cl)nc(-c3cnc(C(F)(F)F)nc3)c2)N1S(=O)(=O)c1ccc(F)cc1. The molecule has 1 N–H and O–H groups in total. The third-order valence-electron chi connectivity index (χ3n) is 5.81. The molecular formula is C23H20ClF4N5O3S. The Labute approximate surface area is 214 Å². The lowest BCUT2D eigenvalue weighted by atomic mass is 10.1. The van der Waals surface area contributed by atoms with Crippen LogP contribution < -0.4 is 5.32 Å². The van der Waals surface area contributed by atoms with Crippen molar-refractivity contribution in [2.24, 2.45) is 0 Å². The summed E-state index contributed by atoms with van der Waals surface area (Å²) in [5.41, 5.74) is 0.854. The van der Waals surface area contributed by atoms with E-state index in [0.29, 0.717) is 18.4 Å². The number of carbonyl (C=O) groups is 1. The van der Waals surface area contributed by atoms with Crippen molar-refractivity contribution < 1.29 is 30.8 Å². The highest BCUT2D eigenvalue weighted by Crippen LogP contribution is 2.31. The Bertz CT molecular complexity index is 1400. The minimum atomic E-state index is -4.69. The van der Waals surface area contributed by atoms with Crippen LogP contribution in [-0.4, -0.2) is 45.7 Å². The van der Waals surface area contributed by atoms with Gasteiger partial charge in [0.2, 0.25) is 21.8 Å². The van der Waals surface area contributed by atoms with Gasteiger partial charge in [0.05, 0.1) is 10.6 Å². The molecule has 3 heterocycles. The van der Waals surface area contributed by atoms with Crippen LogP contribution in [0.5, 0.6) is 0 Å². The number of hydrogen-bond donors (Lipinski definition) is 1. The number of nitrogens with zero attached hydrogens (tertiary/aromatic N) is 4. The van der Waals surface area contributed by atoms with Gasteiger partial charge in [-0.2, -0.15) is 17.5 Å². The van der Waals surface area contributed by atoms with Gasteiger partial charge in [-0.1, -0.05) is 11.6 Å². The average molecular weight is 558 g/mol. The zero-order valence-corrected chi connectivity index (χ0v) is 20.8. The van der Waals surface area contributed by atoms with E-state index in [1.807, 2.05) is 0 Å². The molecule has 1 aromatic carbocycles. The quantitative estimate of drug-likeness (QED) is 0.360. The maximum Gasteiger partial charge on any atom is 0.451 e. The second kappa shape index (κ2) is 10.3. The number of aromatic nitrogens is 3. The molecule has 1 aliphatic heterocycles. The highest BCUT2D eigenvalue weighted by molar-refractivity contribution is 7.89. The van der Waals surface area contributed by atoms with Crippen molar-refractivity contribution in [1.82, 2.24) is 24.6 Å². The monoisotopic (exact) mass is 557 g/mol. The number of amides is 1. The lowest BCUT2D eigenvalue weighted by Gasteiger charge is -2.27. The van der Waals surface area contributed by atoms with E-state index in [0.717, 1.165) is 41.0 Å². The number of sulfonamides is 1. The predicted molar refractivity (Wildman–Crippen MR) is 125 cm³/mol. The average Bonchev–Trinajstić information content (AvgIpc) is 3.24. The van der Waals surface area contributed by atoms with Crippen LogP contribution in [0.15, 0.2) is 53.7 Å². The van der Waals surface area contributed by atoms with Crippen LogP contribution in [-0.2, 0) is 27.5 Å². The van der Waals surface area contributed by atoms with Crippen molar-refractivity contribution in [2.75, 3.05) is 0 Å². The fourth-order valence-electron chi connectivity index (χ4n) is 4.05. The molecule has 196 valence electrons. The number of alkyl halides is 3. The van der Waals surface area contributed by atoms with Crippen LogP contribution in [0.2, 0.25) is 5.15 Å². The van der Waals surface area contributed by atoms with Gasteiger partial charge in [0.15, 0.2) is 0 Å². The largest absolute Gasteiger partial charge is 0.451 e. The number of rotatable bonds is 6. The van der Waals surface area contributed by atoms with Crippen LogP contribution in [0.3, 0.4) is 0 Å². The summed E-state index contributed by atoms with van der Waals surface area (Å²) in [4.78, 5) is 23.6. The van der Waals surface area contributed by atoms with Crippen molar-refractivity contribution in [3.8, 4) is 11.3 Å². The molecule has 1 saturated heterocycles. The molecule has 0 radical (unpaired) electrons. The predicted octanol–water partition coefficient (Wildman–Crippen LogP) is 4.21. The molecule has 1 aliphatic rings. The van der Waals surface area contributed by atoms with E-state index in [9.17, 15) is 30.8 Å². The van der Waals surface area contributed by atoms with Gasteiger partial charge in [-0.25, -0.2) is 27.8 Å². The molecule has 0 saturated carbocycles. The highest BCUT2D eigenvalue weighted by Gasteiger charge is 2.43. The summed E-state index contributed by atoms with van der Waals surface area (Å²) in [6.07, 6.45) is -2.01. The molecular weight excluding hydrogens is 538 g/mol. The Kier molecular flexibility index (Phi) is 7.49. The van der Waals surface area contributed by atoms with Gasteiger partial charge >= 0.3 is 6.18 Å². The normalized spacial score (nSPS) is 18.6. The third-order valence-corrected chi connectivity index (χ3v) is 8.04. The molecule has 2 aromatic heterocycles. The molecule has 8 nitrogen and oxygen atoms in total. The van der Waals surface area contributed by atoms with E-state index in [-0.39, 0.29) is 27.9 Å². The first-order valence-electron chi connectivity index (χ1n) is 11.0. The summed E-state index contributed by atoms with van der Waals surface area (Å²) in [6.45, 7) is 1.64. The maximum absolute atomic E-state index is 13.3. The van der Waals surface area contributed by atoms with Gasteiger partial charge < -0.3 is 5.32 Å². The zero-order chi connectivity index (χ0) is 27.0. The molecule has 0 unspecified atom stereocenters. The summed E-state index contributed by atoms with van der Waals surface area (Å²) < 4.78 is 79.0. The molecule has 1 fully saturated rings. The molecule has 3 aromatic rings. The lowest BCUT2D eigenvalue weighted by Crippen LogP contribution is -2.48. The Hall–Kier alpha value is -3.16. The summed E-state index contributed by atoms with van der Waals surface area (Å²) in [7, 11) is -4.06. The van der Waals surface area contributed by atoms with Crippen molar-refractivity contribution in [3.63, 3.8) is 0 Å². The van der Waals surface area contributed by atoms with Gasteiger partial charge in [0.1, 0.15) is 17.0 Å². The minimum Gasteiger partial charge on any atom is -0.351 e. The van der Waals surface area contributed by atoms with Crippen molar-refractivity contribution >= 4 is 27.5 Å². The molecule has 14 heteroatoms. The second-order valence-corrected chi connectivity index (χ2v) is 10.7. The van der Waals surface area contributed by atoms with E-state index in [1.165, 1.54) is 12.1 Å². The van der Waals surface area contributed by atoms with Crippen LogP contribution in [0.1, 0.15) is 31.2 Å². The summed E-state index contributed by atoms with van der Waals surface area (Å²) in [5, 5.41) is 2.71. The lowest BCUT2D eigenvalue weighted by molar-refractivity contribution is -0.145. The zero-order valence-electron chi connectivity index (χ0n) is 19.2. The molecule has 0 spiro atoms. The van der Waals surface area contributed by atoms with Crippen LogP contribution >= 0.6 is 11.6 Å². The minimum absolute atomic E-state index is 0.0247. The number of pyridine rings is 1. The van der Waals surface area contributed by atoms with Gasteiger partial charge in [-0.05, 0) is 61.7 Å². The third kappa shape index (κ3) is 5.89. The van der Waals surface area contributed by atoms with Gasteiger partial charge in [-0.15, -0.1) is 0 Å².